The summed E-state index contributed by atoms with van der Waals surface area (Å²) in [5, 5.41) is 3.61. The van der Waals surface area contributed by atoms with Gasteiger partial charge in [-0.25, -0.2) is 4.79 Å². The average molecular weight is 396 g/mol. The number of ether oxygens (including phenoxy) is 1. The van der Waals surface area contributed by atoms with Gasteiger partial charge in [0, 0.05) is 71.5 Å². The average Bonchev–Trinajstić information content (AvgIpc) is 2.68. The predicted molar refractivity (Wildman–Crippen MR) is 113 cm³/mol. The summed E-state index contributed by atoms with van der Waals surface area (Å²) < 4.78 is 5.54. The quantitative estimate of drug-likeness (QED) is 0.771. The van der Waals surface area contributed by atoms with E-state index in [4.69, 9.17) is 4.74 Å². The van der Waals surface area contributed by atoms with E-state index in [-0.39, 0.29) is 6.09 Å². The van der Waals surface area contributed by atoms with Gasteiger partial charge in [-0.1, -0.05) is 6.92 Å². The highest BCUT2D eigenvalue weighted by Crippen LogP contribution is 2.22. The van der Waals surface area contributed by atoms with Crippen molar-refractivity contribution in [3.63, 3.8) is 0 Å². The van der Waals surface area contributed by atoms with Crippen LogP contribution in [0.25, 0.3) is 0 Å². The SMILES string of the molecule is CCN1CCN(CC2CCNCC2N2CCN(C(=O)OC(C)(C)C)CC2)CC1. The number of nitrogens with one attached hydrogen (secondary N) is 1. The molecule has 0 aromatic heterocycles. The molecule has 1 N–H and O–H groups in total. The summed E-state index contributed by atoms with van der Waals surface area (Å²) in [7, 11) is 0. The minimum absolute atomic E-state index is 0.167. The van der Waals surface area contributed by atoms with Crippen LogP contribution in [-0.2, 0) is 4.74 Å². The van der Waals surface area contributed by atoms with Crippen molar-refractivity contribution >= 4 is 6.09 Å². The van der Waals surface area contributed by atoms with Crippen LogP contribution < -0.4 is 5.32 Å². The number of hydrogen-bond donors (Lipinski definition) is 1. The van der Waals surface area contributed by atoms with E-state index in [2.05, 4.69) is 26.9 Å². The molecule has 162 valence electrons. The molecule has 0 aliphatic carbocycles. The number of nitrogens with zero attached hydrogens (tertiary/aromatic N) is 4. The van der Waals surface area contributed by atoms with Crippen LogP contribution in [0.4, 0.5) is 4.79 Å². The topological polar surface area (TPSA) is 51.3 Å². The second kappa shape index (κ2) is 9.74. The number of carbonyl (C=O) groups excluding carboxylic acids is 1. The van der Waals surface area contributed by atoms with Crippen molar-refractivity contribution in [2.24, 2.45) is 5.92 Å². The molecule has 3 aliphatic heterocycles. The predicted octanol–water partition coefficient (Wildman–Crippen LogP) is 1.15. The first-order valence-electron chi connectivity index (χ1n) is 11.2. The highest BCUT2D eigenvalue weighted by molar-refractivity contribution is 5.68. The van der Waals surface area contributed by atoms with E-state index < -0.39 is 5.60 Å². The number of amides is 1. The van der Waals surface area contributed by atoms with Crippen molar-refractivity contribution < 1.29 is 9.53 Å². The Morgan fingerprint density at radius 1 is 1.00 bits per heavy atom. The Balaban J connectivity index is 1.49. The van der Waals surface area contributed by atoms with Crippen LogP contribution in [0.3, 0.4) is 0 Å². The molecule has 3 fully saturated rings. The number of piperazine rings is 2. The van der Waals surface area contributed by atoms with Crippen molar-refractivity contribution in [1.29, 1.82) is 0 Å². The summed E-state index contributed by atoms with van der Waals surface area (Å²) in [6, 6.07) is 0.582. The fourth-order valence-corrected chi connectivity index (χ4v) is 4.72. The maximum Gasteiger partial charge on any atom is 0.410 e. The van der Waals surface area contributed by atoms with Crippen LogP contribution in [-0.4, -0.2) is 116 Å². The van der Waals surface area contributed by atoms with Crippen LogP contribution >= 0.6 is 0 Å². The van der Waals surface area contributed by atoms with Crippen molar-refractivity contribution in [2.45, 2.75) is 45.8 Å². The van der Waals surface area contributed by atoms with Gasteiger partial charge in [0.25, 0.3) is 0 Å². The highest BCUT2D eigenvalue weighted by Gasteiger charge is 2.35. The fourth-order valence-electron chi connectivity index (χ4n) is 4.72. The molecule has 7 heteroatoms. The summed E-state index contributed by atoms with van der Waals surface area (Å²) >= 11 is 0. The standard InChI is InChI=1S/C21H41N5O2/c1-5-23-8-10-24(11-9-23)17-18-6-7-22-16-19(18)25-12-14-26(15-13-25)20(27)28-21(2,3)4/h18-19,22H,5-17H2,1-4H3. The first kappa shape index (κ1) is 21.8. The second-order valence-electron chi connectivity index (χ2n) is 9.56. The summed E-state index contributed by atoms with van der Waals surface area (Å²) in [4.78, 5) is 22.0. The molecular weight excluding hydrogens is 354 g/mol. The maximum absolute atomic E-state index is 12.3. The monoisotopic (exact) mass is 395 g/mol. The molecule has 3 rings (SSSR count). The van der Waals surface area contributed by atoms with E-state index in [1.54, 1.807) is 0 Å². The van der Waals surface area contributed by atoms with Gasteiger partial charge in [0.15, 0.2) is 0 Å². The minimum Gasteiger partial charge on any atom is -0.444 e. The zero-order valence-electron chi connectivity index (χ0n) is 18.5. The summed E-state index contributed by atoms with van der Waals surface area (Å²) in [5.41, 5.74) is -0.422. The maximum atomic E-state index is 12.3. The van der Waals surface area contributed by atoms with Crippen molar-refractivity contribution in [1.82, 2.24) is 24.9 Å². The molecular formula is C21H41N5O2. The van der Waals surface area contributed by atoms with E-state index in [0.29, 0.717) is 6.04 Å². The summed E-state index contributed by atoms with van der Waals surface area (Å²) in [6.45, 7) is 20.9. The second-order valence-corrected chi connectivity index (χ2v) is 9.56. The molecule has 3 saturated heterocycles. The molecule has 1 amide bonds. The van der Waals surface area contributed by atoms with Gasteiger partial charge in [-0.05, 0) is 46.2 Å². The fraction of sp³-hybridized carbons (Fsp3) is 0.952. The molecule has 0 aromatic rings. The zero-order chi connectivity index (χ0) is 20.1. The lowest BCUT2D eigenvalue weighted by Crippen LogP contribution is -2.60. The Labute approximate surface area is 171 Å². The van der Waals surface area contributed by atoms with Crippen molar-refractivity contribution in [2.75, 3.05) is 78.5 Å². The smallest absolute Gasteiger partial charge is 0.410 e. The molecule has 0 aromatic carbocycles. The van der Waals surface area contributed by atoms with Gasteiger partial charge < -0.3 is 24.8 Å². The molecule has 0 spiro atoms. The lowest BCUT2D eigenvalue weighted by molar-refractivity contribution is 0.000813. The molecule has 3 aliphatic rings. The number of piperidine rings is 1. The first-order chi connectivity index (χ1) is 13.4. The van der Waals surface area contributed by atoms with Gasteiger partial charge in [-0.3, -0.25) is 4.90 Å². The van der Waals surface area contributed by atoms with E-state index in [1.165, 1.54) is 45.7 Å². The van der Waals surface area contributed by atoms with E-state index in [0.717, 1.165) is 45.2 Å². The molecule has 0 bridgehead atoms. The Morgan fingerprint density at radius 3 is 2.25 bits per heavy atom. The third-order valence-electron chi connectivity index (χ3n) is 6.43. The van der Waals surface area contributed by atoms with Gasteiger partial charge in [-0.15, -0.1) is 0 Å². The molecule has 0 saturated carbocycles. The molecule has 0 radical (unpaired) electrons. The zero-order valence-corrected chi connectivity index (χ0v) is 18.5. The Bertz CT molecular complexity index is 494. The lowest BCUT2D eigenvalue weighted by Gasteiger charge is -2.46. The number of rotatable bonds is 4. The molecule has 2 atom stereocenters. The first-order valence-corrected chi connectivity index (χ1v) is 11.2. The number of hydrogen-bond acceptors (Lipinski definition) is 6. The van der Waals surface area contributed by atoms with Gasteiger partial charge in [0.05, 0.1) is 0 Å². The van der Waals surface area contributed by atoms with Crippen molar-refractivity contribution in [3.8, 4) is 0 Å². The number of carbonyl (C=O) groups is 1. The van der Waals surface area contributed by atoms with Crippen LogP contribution in [0.5, 0.6) is 0 Å². The lowest BCUT2D eigenvalue weighted by atomic mass is 9.90. The van der Waals surface area contributed by atoms with Crippen LogP contribution in [0.15, 0.2) is 0 Å². The summed E-state index contributed by atoms with van der Waals surface area (Å²) in [5.74, 6) is 0.725. The van der Waals surface area contributed by atoms with Crippen LogP contribution in [0.2, 0.25) is 0 Å². The summed E-state index contributed by atoms with van der Waals surface area (Å²) in [6.07, 6.45) is 1.09. The van der Waals surface area contributed by atoms with Crippen LogP contribution in [0, 0.1) is 5.92 Å². The minimum atomic E-state index is -0.422. The van der Waals surface area contributed by atoms with E-state index >= 15 is 0 Å². The van der Waals surface area contributed by atoms with Gasteiger partial charge in [0.2, 0.25) is 0 Å². The molecule has 2 unspecified atom stereocenters. The van der Waals surface area contributed by atoms with E-state index in [9.17, 15) is 4.79 Å². The van der Waals surface area contributed by atoms with Gasteiger partial charge in [-0.2, -0.15) is 0 Å². The Morgan fingerprint density at radius 2 is 1.64 bits per heavy atom. The largest absolute Gasteiger partial charge is 0.444 e. The van der Waals surface area contributed by atoms with Gasteiger partial charge in [0.1, 0.15) is 5.60 Å². The molecule has 28 heavy (non-hydrogen) atoms. The third kappa shape index (κ3) is 6.05. The van der Waals surface area contributed by atoms with Crippen LogP contribution in [0.1, 0.15) is 34.1 Å². The molecule has 7 nitrogen and oxygen atoms in total. The van der Waals surface area contributed by atoms with Gasteiger partial charge >= 0.3 is 6.09 Å². The van der Waals surface area contributed by atoms with Crippen molar-refractivity contribution in [3.05, 3.63) is 0 Å². The number of likely N-dealkylation sites (N-methyl/N-ethyl adjacent to an activating group) is 1. The highest BCUT2D eigenvalue weighted by atomic mass is 16.6. The normalized spacial score (nSPS) is 29.1. The Hall–Kier alpha value is -0.890. The Kier molecular flexibility index (Phi) is 7.59. The third-order valence-corrected chi connectivity index (χ3v) is 6.43. The molecule has 3 heterocycles. The van der Waals surface area contributed by atoms with E-state index in [1.807, 2.05) is 25.7 Å².